The Balaban J connectivity index is 1.49. The Bertz CT molecular complexity index is 879. The first-order valence-corrected chi connectivity index (χ1v) is 8.96. The summed E-state index contributed by atoms with van der Waals surface area (Å²) in [5.41, 5.74) is 5.28. The molecule has 0 fully saturated rings. The summed E-state index contributed by atoms with van der Waals surface area (Å²) in [7, 11) is 1.76. The van der Waals surface area contributed by atoms with Crippen LogP contribution in [0.5, 0.6) is 5.75 Å². The van der Waals surface area contributed by atoms with Crippen molar-refractivity contribution in [3.63, 3.8) is 0 Å². The van der Waals surface area contributed by atoms with Crippen molar-refractivity contribution in [2.45, 2.75) is 25.3 Å². The zero-order valence-corrected chi connectivity index (χ0v) is 14.6. The second-order valence-corrected chi connectivity index (χ2v) is 6.63. The standard InChI is InChI=1S/C22H24N2O/c1-25-22-10-9-21-19(12-14-24-21)20(22)8-7-18-15-17(11-13-23-18)16-5-3-2-4-6-16/h2-6,9-12,14,18,23-24H,7-8,13,15H2,1H3. The fourth-order valence-electron chi connectivity index (χ4n) is 3.81. The molecular weight excluding hydrogens is 308 g/mol. The van der Waals surface area contributed by atoms with Crippen molar-refractivity contribution in [2.75, 3.05) is 13.7 Å². The summed E-state index contributed by atoms with van der Waals surface area (Å²) < 4.78 is 5.61. The van der Waals surface area contributed by atoms with E-state index in [1.807, 2.05) is 6.20 Å². The highest BCUT2D eigenvalue weighted by Gasteiger charge is 2.17. The second kappa shape index (κ2) is 7.16. The number of fused-ring (bicyclic) bond motifs is 1. The Kier molecular flexibility index (Phi) is 4.57. The van der Waals surface area contributed by atoms with Gasteiger partial charge in [-0.05, 0) is 48.6 Å². The molecule has 1 unspecified atom stereocenters. The quantitative estimate of drug-likeness (QED) is 0.719. The van der Waals surface area contributed by atoms with Crippen LogP contribution >= 0.6 is 0 Å². The van der Waals surface area contributed by atoms with Crippen molar-refractivity contribution in [1.82, 2.24) is 10.3 Å². The first-order chi connectivity index (χ1) is 12.3. The molecule has 2 aromatic carbocycles. The predicted octanol–water partition coefficient (Wildman–Crippen LogP) is 4.55. The zero-order chi connectivity index (χ0) is 17.1. The molecule has 0 aliphatic carbocycles. The lowest BCUT2D eigenvalue weighted by Gasteiger charge is -2.25. The van der Waals surface area contributed by atoms with Crippen LogP contribution in [0.1, 0.15) is 24.0 Å². The predicted molar refractivity (Wildman–Crippen MR) is 104 cm³/mol. The fourth-order valence-corrected chi connectivity index (χ4v) is 3.81. The molecule has 4 rings (SSSR count). The molecule has 1 aromatic heterocycles. The lowest BCUT2D eigenvalue weighted by atomic mass is 9.91. The van der Waals surface area contributed by atoms with Gasteiger partial charge in [0.15, 0.2) is 0 Å². The molecule has 0 saturated heterocycles. The van der Waals surface area contributed by atoms with Gasteiger partial charge in [-0.15, -0.1) is 0 Å². The SMILES string of the molecule is COc1ccc2[nH]ccc2c1CCC1CC(c2ccccc2)=CCN1. The minimum Gasteiger partial charge on any atom is -0.496 e. The van der Waals surface area contributed by atoms with Gasteiger partial charge in [-0.1, -0.05) is 36.4 Å². The van der Waals surface area contributed by atoms with Gasteiger partial charge in [0.05, 0.1) is 7.11 Å². The van der Waals surface area contributed by atoms with Crippen molar-refractivity contribution in [2.24, 2.45) is 0 Å². The van der Waals surface area contributed by atoms with E-state index in [0.29, 0.717) is 6.04 Å². The average Bonchev–Trinajstić information content (AvgIpc) is 3.16. The lowest BCUT2D eigenvalue weighted by molar-refractivity contribution is 0.407. The van der Waals surface area contributed by atoms with E-state index >= 15 is 0 Å². The number of aromatic amines is 1. The fraction of sp³-hybridized carbons (Fsp3) is 0.273. The summed E-state index contributed by atoms with van der Waals surface area (Å²) in [5.74, 6) is 0.988. The Hall–Kier alpha value is -2.52. The minimum atomic E-state index is 0.499. The molecule has 1 aliphatic rings. The summed E-state index contributed by atoms with van der Waals surface area (Å²) >= 11 is 0. The number of aromatic nitrogens is 1. The molecule has 1 atom stereocenters. The van der Waals surface area contributed by atoms with E-state index in [-0.39, 0.29) is 0 Å². The number of benzene rings is 2. The van der Waals surface area contributed by atoms with E-state index in [2.05, 4.69) is 64.9 Å². The Labute approximate surface area is 148 Å². The van der Waals surface area contributed by atoms with Gasteiger partial charge < -0.3 is 15.0 Å². The van der Waals surface area contributed by atoms with E-state index in [9.17, 15) is 0 Å². The van der Waals surface area contributed by atoms with Crippen LogP contribution in [-0.4, -0.2) is 24.7 Å². The van der Waals surface area contributed by atoms with Crippen LogP contribution in [0.4, 0.5) is 0 Å². The molecule has 0 spiro atoms. The molecule has 0 radical (unpaired) electrons. The zero-order valence-electron chi connectivity index (χ0n) is 14.6. The largest absolute Gasteiger partial charge is 0.496 e. The van der Waals surface area contributed by atoms with Gasteiger partial charge in [0.1, 0.15) is 5.75 Å². The van der Waals surface area contributed by atoms with E-state index in [0.717, 1.165) is 31.6 Å². The van der Waals surface area contributed by atoms with Crippen LogP contribution in [0.15, 0.2) is 60.8 Å². The number of rotatable bonds is 5. The third-order valence-electron chi connectivity index (χ3n) is 5.13. The van der Waals surface area contributed by atoms with Gasteiger partial charge >= 0.3 is 0 Å². The van der Waals surface area contributed by atoms with Crippen LogP contribution in [0.3, 0.4) is 0 Å². The van der Waals surface area contributed by atoms with Gasteiger partial charge in [0.25, 0.3) is 0 Å². The summed E-state index contributed by atoms with van der Waals surface area (Å²) in [6, 6.07) is 17.5. The Morgan fingerprint density at radius 1 is 1.08 bits per heavy atom. The normalized spacial score (nSPS) is 17.5. The molecule has 128 valence electrons. The lowest BCUT2D eigenvalue weighted by Crippen LogP contribution is -2.33. The molecule has 3 heteroatoms. The summed E-state index contributed by atoms with van der Waals surface area (Å²) in [4.78, 5) is 3.30. The Morgan fingerprint density at radius 2 is 1.96 bits per heavy atom. The first-order valence-electron chi connectivity index (χ1n) is 8.96. The number of methoxy groups -OCH3 is 1. The Morgan fingerprint density at radius 3 is 2.80 bits per heavy atom. The smallest absolute Gasteiger partial charge is 0.122 e. The second-order valence-electron chi connectivity index (χ2n) is 6.63. The van der Waals surface area contributed by atoms with Gasteiger partial charge in [-0.3, -0.25) is 0 Å². The first kappa shape index (κ1) is 16.0. The number of hydrogen-bond acceptors (Lipinski definition) is 2. The highest BCUT2D eigenvalue weighted by Crippen LogP contribution is 2.30. The average molecular weight is 332 g/mol. The molecule has 0 amide bonds. The molecule has 0 bridgehead atoms. The van der Waals surface area contributed by atoms with Crippen molar-refractivity contribution in [3.05, 3.63) is 71.9 Å². The van der Waals surface area contributed by atoms with Crippen molar-refractivity contribution in [3.8, 4) is 5.75 Å². The van der Waals surface area contributed by atoms with Gasteiger partial charge in [0.2, 0.25) is 0 Å². The topological polar surface area (TPSA) is 37.0 Å². The summed E-state index contributed by atoms with van der Waals surface area (Å²) in [6.45, 7) is 0.945. The maximum absolute atomic E-state index is 5.61. The third-order valence-corrected chi connectivity index (χ3v) is 5.13. The number of hydrogen-bond donors (Lipinski definition) is 2. The van der Waals surface area contributed by atoms with Crippen LogP contribution < -0.4 is 10.1 Å². The molecule has 3 aromatic rings. The van der Waals surface area contributed by atoms with E-state index in [1.54, 1.807) is 7.11 Å². The molecular formula is C22H24N2O. The highest BCUT2D eigenvalue weighted by atomic mass is 16.5. The van der Waals surface area contributed by atoms with Crippen molar-refractivity contribution < 1.29 is 4.74 Å². The van der Waals surface area contributed by atoms with E-state index < -0.39 is 0 Å². The molecule has 1 aliphatic heterocycles. The van der Waals surface area contributed by atoms with Gasteiger partial charge in [0, 0.05) is 35.2 Å². The molecule has 2 heterocycles. The maximum Gasteiger partial charge on any atom is 0.122 e. The number of ether oxygens (including phenoxy) is 1. The van der Waals surface area contributed by atoms with Crippen LogP contribution in [-0.2, 0) is 6.42 Å². The van der Waals surface area contributed by atoms with Gasteiger partial charge in [-0.2, -0.15) is 0 Å². The van der Waals surface area contributed by atoms with E-state index in [1.165, 1.54) is 27.6 Å². The van der Waals surface area contributed by atoms with Crippen molar-refractivity contribution >= 4 is 16.5 Å². The maximum atomic E-state index is 5.61. The monoisotopic (exact) mass is 332 g/mol. The molecule has 2 N–H and O–H groups in total. The molecule has 25 heavy (non-hydrogen) atoms. The van der Waals surface area contributed by atoms with Gasteiger partial charge in [-0.25, -0.2) is 0 Å². The summed E-state index contributed by atoms with van der Waals surface area (Å²) in [6.07, 6.45) is 7.51. The molecule has 0 saturated carbocycles. The van der Waals surface area contributed by atoms with Crippen LogP contribution in [0.2, 0.25) is 0 Å². The van der Waals surface area contributed by atoms with Crippen molar-refractivity contribution in [1.29, 1.82) is 0 Å². The summed E-state index contributed by atoms with van der Waals surface area (Å²) in [5, 5.41) is 4.92. The van der Waals surface area contributed by atoms with E-state index in [4.69, 9.17) is 4.74 Å². The minimum absolute atomic E-state index is 0.499. The number of nitrogens with one attached hydrogen (secondary N) is 2. The van der Waals surface area contributed by atoms with Crippen LogP contribution in [0.25, 0.3) is 16.5 Å². The highest BCUT2D eigenvalue weighted by molar-refractivity contribution is 5.85. The molecule has 3 nitrogen and oxygen atoms in total. The number of aryl methyl sites for hydroxylation is 1. The number of H-pyrrole nitrogens is 1. The third kappa shape index (κ3) is 3.33. The van der Waals surface area contributed by atoms with Crippen LogP contribution in [0, 0.1) is 0 Å².